The Morgan fingerprint density at radius 1 is 1.25 bits per heavy atom. The highest BCUT2D eigenvalue weighted by Crippen LogP contribution is 2.54. The van der Waals surface area contributed by atoms with Gasteiger partial charge in [-0.2, -0.15) is 0 Å². The van der Waals surface area contributed by atoms with Crippen molar-refractivity contribution in [2.45, 2.75) is 57.7 Å². The summed E-state index contributed by atoms with van der Waals surface area (Å²) in [5.74, 6) is -0.0172. The summed E-state index contributed by atoms with van der Waals surface area (Å²) < 4.78 is 0. The van der Waals surface area contributed by atoms with Gasteiger partial charge in [0, 0.05) is 37.0 Å². The molecule has 4 rings (SSSR count). The van der Waals surface area contributed by atoms with Gasteiger partial charge in [-0.1, -0.05) is 13.0 Å². The molecule has 2 bridgehead atoms. The van der Waals surface area contributed by atoms with Crippen molar-refractivity contribution >= 4 is 11.8 Å². The summed E-state index contributed by atoms with van der Waals surface area (Å²) in [5.41, 5.74) is 0.0280. The molecule has 1 saturated carbocycles. The minimum Gasteiger partial charge on any atom is -0.335 e. The van der Waals surface area contributed by atoms with Crippen LogP contribution in [0, 0.1) is 5.41 Å². The van der Waals surface area contributed by atoms with Crippen LogP contribution in [-0.4, -0.2) is 51.3 Å². The summed E-state index contributed by atoms with van der Waals surface area (Å²) in [7, 11) is 0. The highest BCUT2D eigenvalue weighted by atomic mass is 16.2. The second-order valence-corrected chi connectivity index (χ2v) is 7.64. The Balaban J connectivity index is 1.73. The zero-order valence-corrected chi connectivity index (χ0v) is 14.1. The summed E-state index contributed by atoms with van der Waals surface area (Å²) in [5, 5.41) is 0. The van der Waals surface area contributed by atoms with Crippen LogP contribution in [0.25, 0.3) is 0 Å². The van der Waals surface area contributed by atoms with Gasteiger partial charge in [-0.3, -0.25) is 14.4 Å². The Hall–Kier alpha value is -2.11. The quantitative estimate of drug-likeness (QED) is 0.846. The van der Waals surface area contributed by atoms with Crippen LogP contribution < -0.4 is 5.56 Å². The minimum atomic E-state index is -0.265. The number of fused-ring (bicyclic) bond motifs is 1. The number of aromatic amines is 1. The predicted molar refractivity (Wildman–Crippen MR) is 88.6 cm³/mol. The largest absolute Gasteiger partial charge is 0.335 e. The normalized spacial score (nSPS) is 34.3. The third-order valence-electron chi connectivity index (χ3n) is 6.29. The van der Waals surface area contributed by atoms with E-state index in [0.717, 1.165) is 25.7 Å². The van der Waals surface area contributed by atoms with Crippen LogP contribution in [0.5, 0.6) is 0 Å². The molecular formula is C18H23N3O3. The average Bonchev–Trinajstić information content (AvgIpc) is 2.83. The Labute approximate surface area is 140 Å². The Morgan fingerprint density at radius 2 is 2.00 bits per heavy atom. The summed E-state index contributed by atoms with van der Waals surface area (Å²) in [4.78, 5) is 43.4. The van der Waals surface area contributed by atoms with Gasteiger partial charge in [0.2, 0.25) is 11.5 Å². The smallest absolute Gasteiger partial charge is 0.270 e. The molecule has 1 aliphatic carbocycles. The first-order valence-corrected chi connectivity index (χ1v) is 8.71. The van der Waals surface area contributed by atoms with Gasteiger partial charge >= 0.3 is 0 Å². The number of carbonyl (C=O) groups excluding carboxylic acids is 2. The second-order valence-electron chi connectivity index (χ2n) is 7.64. The van der Waals surface area contributed by atoms with Crippen molar-refractivity contribution < 1.29 is 9.59 Å². The molecule has 3 fully saturated rings. The van der Waals surface area contributed by atoms with Crippen molar-refractivity contribution in [3.63, 3.8) is 0 Å². The van der Waals surface area contributed by atoms with E-state index >= 15 is 0 Å². The van der Waals surface area contributed by atoms with Crippen LogP contribution in [0.3, 0.4) is 0 Å². The number of aromatic nitrogens is 1. The van der Waals surface area contributed by atoms with Crippen LogP contribution in [0.2, 0.25) is 0 Å². The summed E-state index contributed by atoms with van der Waals surface area (Å²) in [6, 6.07) is 5.13. The standard InChI is InChI=1S/C18H23N3O3/c1-11(22)21-12-9-18(2)14(6-4-7-15(18)21)20(10-12)17(24)13-5-3-8-16(23)19-13/h3,5,8,12,14-15H,4,6-7,9-10H2,1-2H3,(H,19,23)/t12-,14+,15-,18+/m0/s1. The van der Waals surface area contributed by atoms with E-state index in [9.17, 15) is 14.4 Å². The lowest BCUT2D eigenvalue weighted by molar-refractivity contribution is -0.132. The third-order valence-corrected chi connectivity index (χ3v) is 6.29. The monoisotopic (exact) mass is 329 g/mol. The van der Waals surface area contributed by atoms with E-state index in [2.05, 4.69) is 11.9 Å². The zero-order valence-electron chi connectivity index (χ0n) is 14.1. The van der Waals surface area contributed by atoms with Crippen molar-refractivity contribution in [3.8, 4) is 0 Å². The molecule has 2 amide bonds. The molecule has 1 aromatic heterocycles. The fourth-order valence-electron chi connectivity index (χ4n) is 5.42. The fourth-order valence-corrected chi connectivity index (χ4v) is 5.42. The molecule has 3 heterocycles. The molecule has 4 atom stereocenters. The Kier molecular flexibility index (Phi) is 3.34. The van der Waals surface area contributed by atoms with Gasteiger partial charge in [-0.25, -0.2) is 0 Å². The first kappa shape index (κ1) is 15.4. The molecule has 0 spiro atoms. The molecule has 0 unspecified atom stereocenters. The zero-order chi connectivity index (χ0) is 17.1. The highest BCUT2D eigenvalue weighted by Gasteiger charge is 2.61. The van der Waals surface area contributed by atoms with Gasteiger partial charge < -0.3 is 14.8 Å². The maximum Gasteiger partial charge on any atom is 0.270 e. The number of carbonyl (C=O) groups is 2. The molecule has 2 aliphatic heterocycles. The van der Waals surface area contributed by atoms with Crippen molar-refractivity contribution in [1.29, 1.82) is 0 Å². The van der Waals surface area contributed by atoms with Gasteiger partial charge in [-0.05, 0) is 31.7 Å². The average molecular weight is 329 g/mol. The Morgan fingerprint density at radius 3 is 2.71 bits per heavy atom. The van der Waals surface area contributed by atoms with E-state index in [4.69, 9.17) is 0 Å². The van der Waals surface area contributed by atoms with Crippen LogP contribution in [0.15, 0.2) is 23.0 Å². The molecule has 6 heteroatoms. The van der Waals surface area contributed by atoms with Crippen LogP contribution in [0.4, 0.5) is 0 Å². The van der Waals surface area contributed by atoms with Gasteiger partial charge in [-0.15, -0.1) is 0 Å². The molecule has 2 saturated heterocycles. The molecule has 1 N–H and O–H groups in total. The van der Waals surface area contributed by atoms with Crippen LogP contribution in [-0.2, 0) is 4.79 Å². The number of amides is 2. The molecule has 24 heavy (non-hydrogen) atoms. The maximum absolute atomic E-state index is 13.0. The van der Waals surface area contributed by atoms with Crippen molar-refractivity contribution in [3.05, 3.63) is 34.2 Å². The van der Waals surface area contributed by atoms with Gasteiger partial charge in [0.15, 0.2) is 0 Å². The van der Waals surface area contributed by atoms with E-state index in [1.165, 1.54) is 6.07 Å². The van der Waals surface area contributed by atoms with E-state index in [1.54, 1.807) is 19.1 Å². The third kappa shape index (κ3) is 2.05. The second kappa shape index (κ2) is 5.19. The highest BCUT2D eigenvalue weighted by molar-refractivity contribution is 5.93. The van der Waals surface area contributed by atoms with Crippen LogP contribution in [0.1, 0.15) is 50.0 Å². The molecule has 6 nitrogen and oxygen atoms in total. The van der Waals surface area contributed by atoms with Crippen molar-refractivity contribution in [1.82, 2.24) is 14.8 Å². The van der Waals surface area contributed by atoms with E-state index in [1.807, 2.05) is 9.80 Å². The van der Waals surface area contributed by atoms with Crippen molar-refractivity contribution in [2.75, 3.05) is 6.54 Å². The molecule has 128 valence electrons. The lowest BCUT2D eigenvalue weighted by Gasteiger charge is -2.49. The van der Waals surface area contributed by atoms with Crippen molar-refractivity contribution in [2.24, 2.45) is 5.41 Å². The number of nitrogens with one attached hydrogen (secondary N) is 1. The summed E-state index contributed by atoms with van der Waals surface area (Å²) in [6.45, 7) is 4.42. The van der Waals surface area contributed by atoms with E-state index in [-0.39, 0.29) is 40.9 Å². The molecule has 0 radical (unpaired) electrons. The number of hydrogen-bond donors (Lipinski definition) is 1. The lowest BCUT2D eigenvalue weighted by Crippen LogP contribution is -2.57. The number of nitrogens with zero attached hydrogens (tertiary/aromatic N) is 2. The number of rotatable bonds is 1. The molecule has 0 aromatic carbocycles. The lowest BCUT2D eigenvalue weighted by atomic mass is 9.65. The number of likely N-dealkylation sites (tertiary alicyclic amines) is 2. The van der Waals surface area contributed by atoms with Gasteiger partial charge in [0.25, 0.3) is 5.91 Å². The number of hydrogen-bond acceptors (Lipinski definition) is 3. The first-order chi connectivity index (χ1) is 11.4. The van der Waals surface area contributed by atoms with Gasteiger partial charge in [0.05, 0.1) is 6.04 Å². The molecular weight excluding hydrogens is 306 g/mol. The van der Waals surface area contributed by atoms with E-state index in [0.29, 0.717) is 12.2 Å². The SMILES string of the molecule is CC(=O)N1[C@@H]2CN(C(=O)c3cccc(=O)[nH]3)[C@@H]3CCC[C@H]1[C@]3(C)C2. The number of H-pyrrole nitrogens is 1. The van der Waals surface area contributed by atoms with Gasteiger partial charge in [0.1, 0.15) is 5.69 Å². The first-order valence-electron chi connectivity index (χ1n) is 8.71. The maximum atomic E-state index is 13.0. The molecule has 1 aromatic rings. The number of pyridine rings is 1. The minimum absolute atomic E-state index is 0.0441. The fraction of sp³-hybridized carbons (Fsp3) is 0.611. The summed E-state index contributed by atoms with van der Waals surface area (Å²) in [6.07, 6.45) is 3.98. The summed E-state index contributed by atoms with van der Waals surface area (Å²) >= 11 is 0. The predicted octanol–water partition coefficient (Wildman–Crippen LogP) is 1.38. The molecule has 3 aliphatic rings. The number of piperidine rings is 1. The van der Waals surface area contributed by atoms with E-state index < -0.39 is 0 Å². The Bertz CT molecular complexity index is 758. The topological polar surface area (TPSA) is 73.5 Å². The van der Waals surface area contributed by atoms with Crippen LogP contribution >= 0.6 is 0 Å².